The Balaban J connectivity index is 2.32. The molecule has 0 saturated heterocycles. The fourth-order valence-electron chi connectivity index (χ4n) is 1.83. The van der Waals surface area contributed by atoms with Gasteiger partial charge in [0.2, 0.25) is 0 Å². The molecule has 1 aromatic carbocycles. The zero-order chi connectivity index (χ0) is 9.26. The summed E-state index contributed by atoms with van der Waals surface area (Å²) in [6, 6.07) is 8.39. The van der Waals surface area contributed by atoms with Crippen molar-refractivity contribution in [1.82, 2.24) is 4.90 Å². The monoisotopic (exact) mass is 175 g/mol. The number of nitrogens with zero attached hydrogens (tertiary/aromatic N) is 1. The average Bonchev–Trinajstić information content (AvgIpc) is 2.17. The molecule has 13 heavy (non-hydrogen) atoms. The molecule has 2 rings (SSSR count). The normalized spacial score (nSPS) is 22.4. The van der Waals surface area contributed by atoms with Crippen LogP contribution in [0.25, 0.3) is 0 Å². The number of carbonyl (C=O) groups is 1. The van der Waals surface area contributed by atoms with Crippen molar-refractivity contribution in [2.24, 2.45) is 0 Å². The Morgan fingerprint density at radius 2 is 2.08 bits per heavy atom. The van der Waals surface area contributed by atoms with Crippen LogP contribution in [0.15, 0.2) is 24.3 Å². The van der Waals surface area contributed by atoms with Crippen molar-refractivity contribution in [1.29, 1.82) is 0 Å². The van der Waals surface area contributed by atoms with Crippen molar-refractivity contribution in [3.05, 3.63) is 35.4 Å². The smallest absolute Gasteiger partial charge is 0.137 e. The summed E-state index contributed by atoms with van der Waals surface area (Å²) < 4.78 is 0. The molecular formula is C11H13NO. The minimum absolute atomic E-state index is 0.0647. The predicted octanol–water partition coefficient (Wildman–Crippen LogP) is 1.24. The molecule has 0 saturated carbocycles. The zero-order valence-electron chi connectivity index (χ0n) is 7.73. The number of fused-ring (bicyclic) bond motifs is 1. The van der Waals surface area contributed by atoms with Crippen LogP contribution in [0.1, 0.15) is 11.1 Å². The van der Waals surface area contributed by atoms with Gasteiger partial charge >= 0.3 is 0 Å². The average molecular weight is 175 g/mol. The molecule has 0 bridgehead atoms. The van der Waals surface area contributed by atoms with Crippen LogP contribution < -0.4 is 0 Å². The van der Waals surface area contributed by atoms with E-state index in [-0.39, 0.29) is 6.04 Å². The van der Waals surface area contributed by atoms with Gasteiger partial charge in [-0.3, -0.25) is 4.90 Å². The molecule has 68 valence electrons. The molecule has 0 aromatic heterocycles. The van der Waals surface area contributed by atoms with Gasteiger partial charge in [0.15, 0.2) is 0 Å². The molecule has 1 aliphatic rings. The van der Waals surface area contributed by atoms with Gasteiger partial charge in [-0.1, -0.05) is 24.3 Å². The quantitative estimate of drug-likeness (QED) is 0.598. The first-order valence-electron chi connectivity index (χ1n) is 4.53. The third-order valence-electron chi connectivity index (χ3n) is 2.69. The van der Waals surface area contributed by atoms with Crippen molar-refractivity contribution in [2.75, 3.05) is 7.05 Å². The molecule has 0 spiro atoms. The maximum atomic E-state index is 10.7. The van der Waals surface area contributed by atoms with Crippen molar-refractivity contribution in [2.45, 2.75) is 19.0 Å². The number of likely N-dealkylation sites (N-methyl/N-ethyl adjacent to an activating group) is 1. The van der Waals surface area contributed by atoms with Crippen LogP contribution >= 0.6 is 0 Å². The van der Waals surface area contributed by atoms with E-state index in [0.717, 1.165) is 19.3 Å². The molecule has 2 nitrogen and oxygen atoms in total. The molecule has 0 unspecified atom stereocenters. The highest BCUT2D eigenvalue weighted by atomic mass is 16.1. The van der Waals surface area contributed by atoms with E-state index < -0.39 is 0 Å². The lowest BCUT2D eigenvalue weighted by Crippen LogP contribution is -2.38. The summed E-state index contributed by atoms with van der Waals surface area (Å²) in [4.78, 5) is 12.8. The highest BCUT2D eigenvalue weighted by Gasteiger charge is 2.21. The highest BCUT2D eigenvalue weighted by Crippen LogP contribution is 2.20. The van der Waals surface area contributed by atoms with E-state index in [0.29, 0.717) is 0 Å². The van der Waals surface area contributed by atoms with Gasteiger partial charge < -0.3 is 4.79 Å². The minimum atomic E-state index is 0.0647. The lowest BCUT2D eigenvalue weighted by molar-refractivity contribution is -0.112. The summed E-state index contributed by atoms with van der Waals surface area (Å²) in [7, 11) is 2.00. The van der Waals surface area contributed by atoms with E-state index in [4.69, 9.17) is 0 Å². The second-order valence-electron chi connectivity index (χ2n) is 3.59. The Kier molecular flexibility index (Phi) is 2.15. The minimum Gasteiger partial charge on any atom is -0.302 e. The van der Waals surface area contributed by atoms with Crippen LogP contribution in [-0.2, 0) is 17.8 Å². The molecule has 0 aliphatic carbocycles. The van der Waals surface area contributed by atoms with Gasteiger partial charge in [-0.2, -0.15) is 0 Å². The molecule has 0 fully saturated rings. The Bertz CT molecular complexity index is 322. The Hall–Kier alpha value is -1.15. The number of aldehydes is 1. The molecule has 2 heteroatoms. The first-order chi connectivity index (χ1) is 6.31. The molecule has 1 aliphatic heterocycles. The lowest BCUT2D eigenvalue weighted by Gasteiger charge is -2.30. The summed E-state index contributed by atoms with van der Waals surface area (Å²) in [6.45, 7) is 0.888. The summed E-state index contributed by atoms with van der Waals surface area (Å²) in [5.74, 6) is 0. The van der Waals surface area contributed by atoms with Gasteiger partial charge in [-0.25, -0.2) is 0 Å². The van der Waals surface area contributed by atoms with E-state index in [9.17, 15) is 4.79 Å². The van der Waals surface area contributed by atoms with Crippen molar-refractivity contribution in [3.63, 3.8) is 0 Å². The van der Waals surface area contributed by atoms with E-state index in [1.807, 2.05) is 19.2 Å². The number of carbonyl (C=O) groups excluding carboxylic acids is 1. The fraction of sp³-hybridized carbons (Fsp3) is 0.364. The Morgan fingerprint density at radius 1 is 1.38 bits per heavy atom. The number of hydrogen-bond acceptors (Lipinski definition) is 2. The largest absolute Gasteiger partial charge is 0.302 e. The molecule has 0 radical (unpaired) electrons. The van der Waals surface area contributed by atoms with E-state index in [1.54, 1.807) is 0 Å². The molecule has 1 atom stereocenters. The maximum Gasteiger partial charge on any atom is 0.137 e. The Labute approximate surface area is 78.2 Å². The second kappa shape index (κ2) is 3.30. The lowest BCUT2D eigenvalue weighted by atomic mass is 9.95. The highest BCUT2D eigenvalue weighted by molar-refractivity contribution is 5.59. The molecular weight excluding hydrogens is 162 g/mol. The van der Waals surface area contributed by atoms with Gasteiger partial charge in [-0.05, 0) is 24.6 Å². The maximum absolute atomic E-state index is 10.7. The fourth-order valence-corrected chi connectivity index (χ4v) is 1.83. The summed E-state index contributed by atoms with van der Waals surface area (Å²) in [5, 5.41) is 0. The zero-order valence-corrected chi connectivity index (χ0v) is 7.73. The predicted molar refractivity (Wildman–Crippen MR) is 51.5 cm³/mol. The third kappa shape index (κ3) is 1.49. The first-order valence-corrected chi connectivity index (χ1v) is 4.53. The van der Waals surface area contributed by atoms with Crippen LogP contribution in [-0.4, -0.2) is 24.3 Å². The second-order valence-corrected chi connectivity index (χ2v) is 3.59. The van der Waals surface area contributed by atoms with E-state index in [2.05, 4.69) is 17.0 Å². The molecule has 1 heterocycles. The first kappa shape index (κ1) is 8.45. The van der Waals surface area contributed by atoms with Crippen molar-refractivity contribution in [3.8, 4) is 0 Å². The Morgan fingerprint density at radius 3 is 2.77 bits per heavy atom. The van der Waals surface area contributed by atoms with Crippen LogP contribution in [0.5, 0.6) is 0 Å². The standard InChI is InChI=1S/C11H13NO/c1-12-7-10-5-3-2-4-9(10)6-11(12)8-13/h2-5,8,11H,6-7H2,1H3/t11-/m1/s1. The molecule has 1 aromatic rings. The summed E-state index contributed by atoms with van der Waals surface area (Å²) >= 11 is 0. The SMILES string of the molecule is CN1Cc2ccccc2C[C@@H]1C=O. The van der Waals surface area contributed by atoms with Crippen LogP contribution in [0, 0.1) is 0 Å². The molecule has 0 amide bonds. The number of benzene rings is 1. The van der Waals surface area contributed by atoms with Crippen molar-refractivity contribution < 1.29 is 4.79 Å². The number of rotatable bonds is 1. The van der Waals surface area contributed by atoms with Gasteiger partial charge in [-0.15, -0.1) is 0 Å². The summed E-state index contributed by atoms with van der Waals surface area (Å²) in [6.07, 6.45) is 1.89. The van der Waals surface area contributed by atoms with E-state index >= 15 is 0 Å². The van der Waals surface area contributed by atoms with Crippen LogP contribution in [0.3, 0.4) is 0 Å². The van der Waals surface area contributed by atoms with E-state index in [1.165, 1.54) is 11.1 Å². The van der Waals surface area contributed by atoms with Crippen molar-refractivity contribution >= 4 is 6.29 Å². The van der Waals surface area contributed by atoms with Gasteiger partial charge in [0.1, 0.15) is 6.29 Å². The topological polar surface area (TPSA) is 20.3 Å². The van der Waals surface area contributed by atoms with Gasteiger partial charge in [0.05, 0.1) is 6.04 Å². The summed E-state index contributed by atoms with van der Waals surface area (Å²) in [5.41, 5.74) is 2.67. The van der Waals surface area contributed by atoms with Crippen LogP contribution in [0.4, 0.5) is 0 Å². The van der Waals surface area contributed by atoms with Gasteiger partial charge in [0, 0.05) is 6.54 Å². The van der Waals surface area contributed by atoms with Gasteiger partial charge in [0.25, 0.3) is 0 Å². The number of hydrogen-bond donors (Lipinski definition) is 0. The molecule has 0 N–H and O–H groups in total. The van der Waals surface area contributed by atoms with Crippen LogP contribution in [0.2, 0.25) is 0 Å². The third-order valence-corrected chi connectivity index (χ3v) is 2.69.